The van der Waals surface area contributed by atoms with Crippen LogP contribution in [0.15, 0.2) is 18.2 Å². The Morgan fingerprint density at radius 3 is 2.81 bits per heavy atom. The number of carbonyl (C=O) groups is 1. The van der Waals surface area contributed by atoms with E-state index < -0.39 is 0 Å². The summed E-state index contributed by atoms with van der Waals surface area (Å²) in [5, 5.41) is 0. The smallest absolute Gasteiger partial charge is 0.136 e. The van der Waals surface area contributed by atoms with E-state index in [4.69, 9.17) is 4.74 Å². The number of nitrogens with zero attached hydrogens (tertiary/aromatic N) is 1. The molecule has 3 fully saturated rings. The minimum absolute atomic E-state index is 0.0388. The van der Waals surface area contributed by atoms with E-state index in [1.807, 2.05) is 0 Å². The minimum atomic E-state index is 0.0388. The van der Waals surface area contributed by atoms with Crippen LogP contribution >= 0.6 is 0 Å². The zero-order valence-electron chi connectivity index (χ0n) is 17.0. The van der Waals surface area contributed by atoms with Crippen LogP contribution in [0.5, 0.6) is 5.75 Å². The Hall–Kier alpha value is -1.35. The number of hydrogen-bond acceptors (Lipinski definition) is 3. The van der Waals surface area contributed by atoms with Gasteiger partial charge >= 0.3 is 0 Å². The molecule has 2 unspecified atom stereocenters. The lowest BCUT2D eigenvalue weighted by atomic mass is 9.47. The molecule has 0 spiro atoms. The Labute approximate surface area is 163 Å². The zero-order chi connectivity index (χ0) is 18.8. The molecule has 5 rings (SSSR count). The van der Waals surface area contributed by atoms with E-state index in [0.29, 0.717) is 23.7 Å². The van der Waals surface area contributed by atoms with E-state index >= 15 is 0 Å². The van der Waals surface area contributed by atoms with Crippen LogP contribution in [0.3, 0.4) is 0 Å². The van der Waals surface area contributed by atoms with Gasteiger partial charge < -0.3 is 4.74 Å². The number of Topliss-reactive ketones (excluding diaryl/α,β-unsaturated/α-hetero) is 1. The quantitative estimate of drug-likeness (QED) is 0.798. The molecule has 2 bridgehead atoms. The largest absolute Gasteiger partial charge is 0.497 e. The van der Waals surface area contributed by atoms with Crippen LogP contribution in [0.25, 0.3) is 0 Å². The molecule has 3 nitrogen and oxygen atoms in total. The lowest BCUT2D eigenvalue weighted by Crippen LogP contribution is -2.65. The normalized spacial score (nSPS) is 38.3. The van der Waals surface area contributed by atoms with Crippen molar-refractivity contribution in [2.75, 3.05) is 20.2 Å². The molecule has 0 amide bonds. The summed E-state index contributed by atoms with van der Waals surface area (Å²) in [6.07, 6.45) is 6.97. The second-order valence-electron chi connectivity index (χ2n) is 9.67. The van der Waals surface area contributed by atoms with Gasteiger partial charge in [-0.15, -0.1) is 0 Å². The highest BCUT2D eigenvalue weighted by molar-refractivity contribution is 5.84. The van der Waals surface area contributed by atoms with Crippen molar-refractivity contribution in [3.8, 4) is 5.75 Å². The van der Waals surface area contributed by atoms with Crippen molar-refractivity contribution in [2.24, 2.45) is 23.7 Å². The molecule has 0 N–H and O–H groups in total. The Bertz CT molecular complexity index is 755. The fourth-order valence-electron chi connectivity index (χ4n) is 6.88. The number of hydrogen-bond donors (Lipinski definition) is 0. The molecule has 4 aliphatic rings. The summed E-state index contributed by atoms with van der Waals surface area (Å²) in [5.41, 5.74) is 2.94. The maximum atomic E-state index is 13.1. The zero-order valence-corrected chi connectivity index (χ0v) is 17.0. The van der Waals surface area contributed by atoms with Crippen molar-refractivity contribution >= 4 is 5.78 Å². The van der Waals surface area contributed by atoms with Crippen molar-refractivity contribution in [3.05, 3.63) is 29.3 Å². The first kappa shape index (κ1) is 17.7. The summed E-state index contributed by atoms with van der Waals surface area (Å²) in [7, 11) is 1.75. The average Bonchev–Trinajstić information content (AvgIpc) is 3.49. The summed E-state index contributed by atoms with van der Waals surface area (Å²) in [6.45, 7) is 6.94. The summed E-state index contributed by atoms with van der Waals surface area (Å²) in [4.78, 5) is 15.9. The first-order valence-electron chi connectivity index (χ1n) is 11.0. The van der Waals surface area contributed by atoms with Crippen LogP contribution < -0.4 is 4.74 Å². The van der Waals surface area contributed by atoms with Gasteiger partial charge in [-0.2, -0.15) is 0 Å². The second kappa shape index (κ2) is 6.34. The van der Waals surface area contributed by atoms with Gasteiger partial charge in [0.15, 0.2) is 0 Å². The van der Waals surface area contributed by atoms with Crippen LogP contribution in [0.2, 0.25) is 0 Å². The third-order valence-corrected chi connectivity index (χ3v) is 8.41. The molecule has 1 aromatic carbocycles. The van der Waals surface area contributed by atoms with Gasteiger partial charge in [0, 0.05) is 30.3 Å². The van der Waals surface area contributed by atoms with Crippen LogP contribution in [-0.2, 0) is 16.6 Å². The van der Waals surface area contributed by atoms with Gasteiger partial charge in [0.25, 0.3) is 0 Å². The molecule has 1 aromatic rings. The van der Waals surface area contributed by atoms with Gasteiger partial charge in [-0.05, 0) is 73.2 Å². The van der Waals surface area contributed by atoms with Crippen molar-refractivity contribution in [3.63, 3.8) is 0 Å². The summed E-state index contributed by atoms with van der Waals surface area (Å²) in [5.74, 6) is 3.70. The van der Waals surface area contributed by atoms with Crippen LogP contribution in [-0.4, -0.2) is 36.9 Å². The van der Waals surface area contributed by atoms with E-state index in [1.54, 1.807) is 7.11 Å². The van der Waals surface area contributed by atoms with Gasteiger partial charge in [-0.1, -0.05) is 26.3 Å². The molecule has 1 aliphatic heterocycles. The highest BCUT2D eigenvalue weighted by Gasteiger charge is 2.60. The number of piperidine rings is 1. The predicted octanol–water partition coefficient (Wildman–Crippen LogP) is 4.22. The van der Waals surface area contributed by atoms with Gasteiger partial charge in [-0.25, -0.2) is 0 Å². The van der Waals surface area contributed by atoms with E-state index in [9.17, 15) is 4.79 Å². The molecule has 0 aromatic heterocycles. The number of likely N-dealkylation sites (tertiary alicyclic amines) is 1. The third kappa shape index (κ3) is 2.61. The maximum Gasteiger partial charge on any atom is 0.136 e. The topological polar surface area (TPSA) is 29.5 Å². The van der Waals surface area contributed by atoms with Crippen molar-refractivity contribution in [1.82, 2.24) is 4.90 Å². The molecule has 1 saturated heterocycles. The highest BCUT2D eigenvalue weighted by Crippen LogP contribution is 2.59. The Balaban J connectivity index is 1.64. The Morgan fingerprint density at radius 2 is 2.11 bits per heavy atom. The molecule has 3 aliphatic carbocycles. The second-order valence-corrected chi connectivity index (χ2v) is 9.67. The van der Waals surface area contributed by atoms with Gasteiger partial charge in [0.05, 0.1) is 7.11 Å². The van der Waals surface area contributed by atoms with Gasteiger partial charge in [0.2, 0.25) is 0 Å². The SMILES string of the molecule is CC[C@@H]1[C@@H](C)C(=O)CC23CCN(CC4CC4)C(Cc4ccc(OC)cc42)[C@@H]13. The number of carbonyl (C=O) groups excluding carboxylic acids is 1. The van der Waals surface area contributed by atoms with E-state index in [-0.39, 0.29) is 11.3 Å². The molecule has 0 radical (unpaired) electrons. The molecular weight excluding hydrogens is 334 g/mol. The van der Waals surface area contributed by atoms with E-state index in [0.717, 1.165) is 43.9 Å². The standard InChI is InChI=1S/C24H33NO2/c1-4-19-15(2)22(26)13-24-9-10-25(14-16-5-6-16)21(23(19)24)11-17-7-8-18(27-3)12-20(17)24/h7-8,12,15-16,19,21,23H,4-6,9-11,13-14H2,1-3H3/t15-,19-,21?,23-,24?/m1/s1. The molecular formula is C24H33NO2. The molecule has 3 heteroatoms. The van der Waals surface area contributed by atoms with Crippen molar-refractivity contribution in [1.29, 1.82) is 0 Å². The minimum Gasteiger partial charge on any atom is -0.497 e. The lowest BCUT2D eigenvalue weighted by Gasteiger charge is -2.62. The molecule has 146 valence electrons. The molecule has 1 heterocycles. The number of ether oxygens (including phenoxy) is 1. The van der Waals surface area contributed by atoms with Gasteiger partial charge in [-0.3, -0.25) is 9.69 Å². The van der Waals surface area contributed by atoms with E-state index in [1.165, 1.54) is 30.5 Å². The third-order valence-electron chi connectivity index (χ3n) is 8.41. The average molecular weight is 368 g/mol. The summed E-state index contributed by atoms with van der Waals surface area (Å²) in [6, 6.07) is 7.27. The first-order chi connectivity index (χ1) is 13.1. The van der Waals surface area contributed by atoms with E-state index in [2.05, 4.69) is 36.9 Å². The number of ketones is 1. The molecule has 5 atom stereocenters. The summed E-state index contributed by atoms with van der Waals surface area (Å²) >= 11 is 0. The Morgan fingerprint density at radius 1 is 1.30 bits per heavy atom. The van der Waals surface area contributed by atoms with Crippen LogP contribution in [0, 0.1) is 23.7 Å². The van der Waals surface area contributed by atoms with Crippen molar-refractivity contribution < 1.29 is 9.53 Å². The fraction of sp³-hybridized carbons (Fsp3) is 0.708. The molecule has 2 saturated carbocycles. The van der Waals surface area contributed by atoms with Crippen molar-refractivity contribution in [2.45, 2.75) is 63.8 Å². The lowest BCUT2D eigenvalue weighted by molar-refractivity contribution is -0.139. The number of methoxy groups -OCH3 is 1. The molecule has 27 heavy (non-hydrogen) atoms. The first-order valence-corrected chi connectivity index (χ1v) is 11.0. The van der Waals surface area contributed by atoms with Gasteiger partial charge in [0.1, 0.15) is 11.5 Å². The number of fused-ring (bicyclic) bond motifs is 1. The maximum absolute atomic E-state index is 13.1. The predicted molar refractivity (Wildman–Crippen MR) is 107 cm³/mol. The number of rotatable bonds is 4. The monoisotopic (exact) mass is 367 g/mol. The van der Waals surface area contributed by atoms with Crippen LogP contribution in [0.1, 0.15) is 57.1 Å². The Kier molecular flexibility index (Phi) is 4.16. The fourth-order valence-corrected chi connectivity index (χ4v) is 6.88. The highest BCUT2D eigenvalue weighted by atomic mass is 16.5. The summed E-state index contributed by atoms with van der Waals surface area (Å²) < 4.78 is 5.58. The van der Waals surface area contributed by atoms with Crippen LogP contribution in [0.4, 0.5) is 0 Å². The number of benzene rings is 1.